The number of rotatable bonds is 2. The van der Waals surface area contributed by atoms with Crippen molar-refractivity contribution >= 4 is 98.0 Å². The van der Waals surface area contributed by atoms with Crippen molar-refractivity contribution < 1.29 is 42.1 Å². The topological polar surface area (TPSA) is 114 Å². The van der Waals surface area contributed by atoms with Crippen LogP contribution in [0.2, 0.25) is 0 Å². The Morgan fingerprint density at radius 1 is 0.337 bits per heavy atom. The van der Waals surface area contributed by atoms with Crippen molar-refractivity contribution in [3.05, 3.63) is 266 Å². The number of pyridine rings is 2. The number of hydrogen-bond acceptors (Lipinski definition) is 6. The monoisotopic (exact) mass is 1480 g/mol. The molecule has 0 aliphatic rings. The number of nitrogens with zero attached hydrogens (tertiary/aromatic N) is 10. The summed E-state index contributed by atoms with van der Waals surface area (Å²) in [5.41, 5.74) is 12.2. The number of fused-ring (bicyclic) bond motifs is 14. The first kappa shape index (κ1) is 58.6. The average Bonchev–Trinajstić information content (AvgIpc) is 4.47. The third-order valence-corrected chi connectivity index (χ3v) is 15.2. The van der Waals surface area contributed by atoms with Gasteiger partial charge in [-0.15, -0.1) is 10.8 Å². The molecular weight excluding hydrogens is 1420 g/mol. The van der Waals surface area contributed by atoms with Crippen LogP contribution >= 0.6 is 0 Å². The maximum Gasteiger partial charge on any atom is 2.00 e. The fourth-order valence-electron chi connectivity index (χ4n) is 11.3. The van der Waals surface area contributed by atoms with Crippen molar-refractivity contribution in [2.75, 3.05) is 0 Å². The van der Waals surface area contributed by atoms with E-state index >= 15 is 0 Å². The Kier molecular flexibility index (Phi) is 16.9. The van der Waals surface area contributed by atoms with Gasteiger partial charge in [-0.1, -0.05) is 222 Å². The van der Waals surface area contributed by atoms with Crippen LogP contribution in [0.4, 0.5) is 0 Å². The Bertz CT molecular complexity index is 4810. The van der Waals surface area contributed by atoms with Gasteiger partial charge in [0, 0.05) is 45.0 Å². The third kappa shape index (κ3) is 11.2. The van der Waals surface area contributed by atoms with Gasteiger partial charge < -0.3 is 29.2 Å². The van der Waals surface area contributed by atoms with Gasteiger partial charge in [-0.25, -0.2) is 9.97 Å². The summed E-state index contributed by atoms with van der Waals surface area (Å²) >= 11 is 0. The standard InChI is InChI=1S/2C25H15N2.2C12H14N3.2Pt/c2*1-2-9-19-17(7-1)14-15-18-8-6-16-26-25(18)27-23-13-4-3-10-20(23)22-12-5-11-21(19)24(22)27;2*1-12(2,3)11-10(13-15-14-11)9-7-5-4-6-8-9;;/h2*1-12,14-16H;2*4-8H,1-3H3;;/q4*-1;2*+2. The molecule has 8 aromatic heterocycles. The predicted octanol–water partition coefficient (Wildman–Crippen LogP) is 17.4. The molecule has 0 radical (unpaired) electrons. The zero-order valence-corrected chi connectivity index (χ0v) is 52.7. The molecule has 0 N–H and O–H groups in total. The second-order valence-corrected chi connectivity index (χ2v) is 22.8. The van der Waals surface area contributed by atoms with Crippen LogP contribution in [0.15, 0.2) is 243 Å². The maximum absolute atomic E-state index is 4.76. The van der Waals surface area contributed by atoms with E-state index in [0.29, 0.717) is 0 Å². The number of hydrogen-bond donors (Lipinski definition) is 0. The van der Waals surface area contributed by atoms with Crippen molar-refractivity contribution in [1.29, 1.82) is 0 Å². The van der Waals surface area contributed by atoms with Crippen LogP contribution in [0.3, 0.4) is 0 Å². The van der Waals surface area contributed by atoms with Crippen molar-refractivity contribution in [1.82, 2.24) is 49.6 Å². The molecule has 8 heterocycles. The van der Waals surface area contributed by atoms with Crippen molar-refractivity contribution in [2.45, 2.75) is 52.4 Å². The van der Waals surface area contributed by atoms with Gasteiger partial charge in [0.2, 0.25) is 0 Å². The molecule has 0 aliphatic carbocycles. The molecule has 8 aromatic carbocycles. The van der Waals surface area contributed by atoms with E-state index in [4.69, 9.17) is 9.97 Å². The zero-order valence-electron chi connectivity index (χ0n) is 48.2. The molecule has 12 heteroatoms. The van der Waals surface area contributed by atoms with Crippen molar-refractivity contribution in [3.63, 3.8) is 0 Å². The summed E-state index contributed by atoms with van der Waals surface area (Å²) < 4.78 is 4.53. The van der Waals surface area contributed by atoms with Gasteiger partial charge in [-0.05, 0) is 101 Å². The SMILES string of the molecule is CC(C)(C)c1nn[n-]c1-c1ccccc1.CC(C)(C)c1nn[n-]c1-c1ccccc1.[Pt+2].[Pt+2].[c-]1cccc2c3cccc4c5ccccc5ccc5cccnc5n(c12)c43.[c-]1cccc2c3cccc4c5ccccc5ccc5cccnc5n(c12)c43. The van der Waals surface area contributed by atoms with E-state index in [-0.39, 0.29) is 53.0 Å². The normalized spacial score (nSPS) is 11.4. The van der Waals surface area contributed by atoms with Crippen LogP contribution in [-0.2, 0) is 53.0 Å². The largest absolute Gasteiger partial charge is 2.00 e. The van der Waals surface area contributed by atoms with Gasteiger partial charge in [0.25, 0.3) is 0 Å². The van der Waals surface area contributed by atoms with Crippen LogP contribution in [-0.4, -0.2) is 39.4 Å². The molecule has 0 spiro atoms. The molecule has 0 saturated carbocycles. The third-order valence-electron chi connectivity index (χ3n) is 15.2. The summed E-state index contributed by atoms with van der Waals surface area (Å²) in [6.07, 6.45) is 3.72. The van der Waals surface area contributed by atoms with Gasteiger partial charge in [-0.3, -0.25) is 10.4 Å². The molecule has 0 amide bonds. The molecule has 0 fully saturated rings. The molecule has 0 atom stereocenters. The van der Waals surface area contributed by atoms with Crippen molar-refractivity contribution in [2.24, 2.45) is 0 Å². The van der Waals surface area contributed by atoms with Gasteiger partial charge in [0.1, 0.15) is 11.3 Å². The number of benzene rings is 8. The Hall–Kier alpha value is -9.20. The minimum atomic E-state index is -0.0192. The van der Waals surface area contributed by atoms with E-state index in [1.807, 2.05) is 97.3 Å². The van der Waals surface area contributed by atoms with Gasteiger partial charge in [0.05, 0.1) is 0 Å². The summed E-state index contributed by atoms with van der Waals surface area (Å²) in [7, 11) is 0. The Morgan fingerprint density at radius 2 is 0.674 bits per heavy atom. The first-order valence-corrected chi connectivity index (χ1v) is 28.2. The second kappa shape index (κ2) is 24.8. The smallest absolute Gasteiger partial charge is 0.354 e. The van der Waals surface area contributed by atoms with E-state index in [1.165, 1.54) is 64.9 Å². The first-order valence-electron chi connectivity index (χ1n) is 28.2. The fourth-order valence-corrected chi connectivity index (χ4v) is 11.3. The molecule has 86 heavy (non-hydrogen) atoms. The Labute approximate surface area is 527 Å². The molecule has 0 aliphatic heterocycles. The number of aromatic nitrogens is 10. The summed E-state index contributed by atoms with van der Waals surface area (Å²) in [5.74, 6) is 0. The molecule has 16 aromatic rings. The maximum atomic E-state index is 4.76. The summed E-state index contributed by atoms with van der Waals surface area (Å²) in [5, 5.41) is 38.3. The molecule has 0 saturated heterocycles. The van der Waals surface area contributed by atoms with Crippen LogP contribution in [0.1, 0.15) is 52.9 Å². The number of para-hydroxylation sites is 4. The van der Waals surface area contributed by atoms with Crippen LogP contribution in [0, 0.1) is 12.1 Å². The van der Waals surface area contributed by atoms with E-state index in [9.17, 15) is 0 Å². The van der Waals surface area contributed by atoms with E-state index in [1.54, 1.807) is 0 Å². The minimum Gasteiger partial charge on any atom is -0.354 e. The minimum absolute atomic E-state index is 0. The van der Waals surface area contributed by atoms with Crippen LogP contribution < -0.4 is 10.2 Å². The zero-order chi connectivity index (χ0) is 57.4. The fraction of sp³-hybridized carbons (Fsp3) is 0.108. The van der Waals surface area contributed by atoms with Crippen LogP contribution in [0.25, 0.3) is 121 Å². The van der Waals surface area contributed by atoms with Gasteiger partial charge in [-0.2, -0.15) is 48.5 Å². The molecule has 424 valence electrons. The molecule has 0 unspecified atom stereocenters. The molecule has 16 rings (SSSR count). The van der Waals surface area contributed by atoms with E-state index in [0.717, 1.165) is 67.0 Å². The van der Waals surface area contributed by atoms with Gasteiger partial charge >= 0.3 is 42.1 Å². The molecular formula is C74H58N10Pt2. The van der Waals surface area contributed by atoms with E-state index < -0.39 is 0 Å². The van der Waals surface area contributed by atoms with Gasteiger partial charge in [0.15, 0.2) is 0 Å². The average molecular weight is 1480 g/mol. The first-order chi connectivity index (χ1) is 41.0. The summed E-state index contributed by atoms with van der Waals surface area (Å²) in [4.78, 5) is 9.53. The second-order valence-electron chi connectivity index (χ2n) is 22.8. The van der Waals surface area contributed by atoms with E-state index in [2.05, 4.69) is 239 Å². The molecule has 0 bridgehead atoms. The quantitative estimate of drug-likeness (QED) is 0.157. The Balaban J connectivity index is 0.000000123. The predicted molar refractivity (Wildman–Crippen MR) is 345 cm³/mol. The summed E-state index contributed by atoms with van der Waals surface area (Å²) in [6, 6.07) is 86.5. The van der Waals surface area contributed by atoms with Crippen molar-refractivity contribution in [3.8, 4) is 22.5 Å². The molecule has 10 nitrogen and oxygen atoms in total. The Morgan fingerprint density at radius 3 is 1.08 bits per heavy atom. The van der Waals surface area contributed by atoms with Crippen LogP contribution in [0.5, 0.6) is 0 Å². The summed E-state index contributed by atoms with van der Waals surface area (Å²) in [6.45, 7) is 12.7.